The van der Waals surface area contributed by atoms with Crippen LogP contribution < -0.4 is 4.74 Å². The van der Waals surface area contributed by atoms with Crippen LogP contribution in [0.4, 0.5) is 0 Å². The van der Waals surface area contributed by atoms with Crippen LogP contribution in [0.15, 0.2) is 35.3 Å². The largest absolute Gasteiger partial charge is 0.464 e. The molecular formula is C12H9ClN4O2. The fourth-order valence-corrected chi connectivity index (χ4v) is 1.82. The standard InChI is InChI=1S/C12H9ClN4O2/c1-7(12-15-4-5-18-12)19-9-6-16-10-8(17-9)2-3-14-11(10)13/h2-7H,1H3/t7-/m1/s1. The maximum atomic E-state index is 5.92. The Kier molecular flexibility index (Phi) is 3.00. The number of nitrogens with zero attached hydrogens (tertiary/aromatic N) is 4. The molecule has 0 amide bonds. The van der Waals surface area contributed by atoms with E-state index in [4.69, 9.17) is 20.8 Å². The smallest absolute Gasteiger partial charge is 0.235 e. The number of ether oxygens (including phenoxy) is 1. The van der Waals surface area contributed by atoms with Crippen molar-refractivity contribution in [2.75, 3.05) is 0 Å². The number of halogens is 1. The number of pyridine rings is 1. The Balaban J connectivity index is 1.90. The van der Waals surface area contributed by atoms with Gasteiger partial charge in [0.1, 0.15) is 11.8 Å². The molecule has 3 aromatic rings. The topological polar surface area (TPSA) is 73.9 Å². The lowest BCUT2D eigenvalue weighted by Crippen LogP contribution is -2.05. The highest BCUT2D eigenvalue weighted by atomic mass is 35.5. The highest BCUT2D eigenvalue weighted by molar-refractivity contribution is 6.33. The third-order valence-electron chi connectivity index (χ3n) is 2.49. The third kappa shape index (κ3) is 2.34. The molecule has 0 fully saturated rings. The van der Waals surface area contributed by atoms with E-state index in [0.29, 0.717) is 28.0 Å². The number of fused-ring (bicyclic) bond motifs is 1. The summed E-state index contributed by atoms with van der Waals surface area (Å²) in [5.74, 6) is 0.857. The first-order valence-electron chi connectivity index (χ1n) is 5.57. The SMILES string of the molecule is C[C@@H](Oc1cnc2c(Cl)nccc2n1)c1ncco1. The van der Waals surface area contributed by atoms with Crippen LogP contribution in [-0.4, -0.2) is 19.9 Å². The minimum Gasteiger partial charge on any atom is -0.464 e. The maximum Gasteiger partial charge on any atom is 0.235 e. The Labute approximate surface area is 113 Å². The lowest BCUT2D eigenvalue weighted by atomic mass is 10.4. The molecule has 3 aromatic heterocycles. The van der Waals surface area contributed by atoms with E-state index in [9.17, 15) is 0 Å². The van der Waals surface area contributed by atoms with Crippen molar-refractivity contribution < 1.29 is 9.15 Å². The van der Waals surface area contributed by atoms with E-state index >= 15 is 0 Å². The molecule has 0 bridgehead atoms. The summed E-state index contributed by atoms with van der Waals surface area (Å²) in [7, 11) is 0. The van der Waals surface area contributed by atoms with E-state index in [1.54, 1.807) is 18.5 Å². The van der Waals surface area contributed by atoms with Crippen molar-refractivity contribution in [2.24, 2.45) is 0 Å². The van der Waals surface area contributed by atoms with Gasteiger partial charge in [0.25, 0.3) is 0 Å². The van der Waals surface area contributed by atoms with E-state index < -0.39 is 0 Å². The van der Waals surface area contributed by atoms with Gasteiger partial charge in [-0.1, -0.05) is 11.6 Å². The Hall–Kier alpha value is -2.21. The van der Waals surface area contributed by atoms with Gasteiger partial charge in [0, 0.05) is 6.20 Å². The molecule has 0 saturated carbocycles. The van der Waals surface area contributed by atoms with Crippen LogP contribution in [0, 0.1) is 0 Å². The first-order valence-corrected chi connectivity index (χ1v) is 5.95. The van der Waals surface area contributed by atoms with Crippen molar-refractivity contribution in [2.45, 2.75) is 13.0 Å². The molecule has 3 rings (SSSR count). The predicted molar refractivity (Wildman–Crippen MR) is 67.9 cm³/mol. The highest BCUT2D eigenvalue weighted by Gasteiger charge is 2.13. The van der Waals surface area contributed by atoms with E-state index in [0.717, 1.165) is 0 Å². The van der Waals surface area contributed by atoms with E-state index in [-0.39, 0.29) is 6.10 Å². The fraction of sp³-hybridized carbons (Fsp3) is 0.167. The van der Waals surface area contributed by atoms with Gasteiger partial charge in [-0.2, -0.15) is 0 Å². The average Bonchev–Trinajstić information content (AvgIpc) is 2.93. The Bertz CT molecular complexity index is 702. The van der Waals surface area contributed by atoms with Crippen LogP contribution in [0.3, 0.4) is 0 Å². The minimum absolute atomic E-state index is 0.317. The summed E-state index contributed by atoms with van der Waals surface area (Å²) in [5, 5.41) is 0.317. The molecule has 0 aliphatic rings. The summed E-state index contributed by atoms with van der Waals surface area (Å²) < 4.78 is 10.8. The number of rotatable bonds is 3. The Morgan fingerprint density at radius 1 is 1.26 bits per heavy atom. The summed E-state index contributed by atoms with van der Waals surface area (Å²) in [6.07, 6.45) is 5.77. The van der Waals surface area contributed by atoms with Gasteiger partial charge >= 0.3 is 0 Å². The molecule has 1 atom stereocenters. The van der Waals surface area contributed by atoms with Crippen molar-refractivity contribution in [1.82, 2.24) is 19.9 Å². The van der Waals surface area contributed by atoms with E-state index in [1.807, 2.05) is 6.92 Å². The molecular weight excluding hydrogens is 268 g/mol. The first kappa shape index (κ1) is 11.9. The molecule has 19 heavy (non-hydrogen) atoms. The van der Waals surface area contributed by atoms with Gasteiger partial charge in [-0.15, -0.1) is 0 Å². The number of aromatic nitrogens is 4. The molecule has 0 unspecified atom stereocenters. The second-order valence-corrected chi connectivity index (χ2v) is 4.17. The zero-order valence-corrected chi connectivity index (χ0v) is 10.7. The van der Waals surface area contributed by atoms with Crippen molar-refractivity contribution in [1.29, 1.82) is 0 Å². The van der Waals surface area contributed by atoms with Crippen molar-refractivity contribution >= 4 is 22.6 Å². The second-order valence-electron chi connectivity index (χ2n) is 3.81. The summed E-state index contributed by atoms with van der Waals surface area (Å²) in [6.45, 7) is 1.82. The third-order valence-corrected chi connectivity index (χ3v) is 2.77. The van der Waals surface area contributed by atoms with Gasteiger partial charge in [-0.05, 0) is 13.0 Å². The lowest BCUT2D eigenvalue weighted by molar-refractivity contribution is 0.181. The Morgan fingerprint density at radius 3 is 2.95 bits per heavy atom. The average molecular weight is 277 g/mol. The molecule has 0 spiro atoms. The second kappa shape index (κ2) is 4.81. The first-order chi connectivity index (χ1) is 9.24. The highest BCUT2D eigenvalue weighted by Crippen LogP contribution is 2.22. The van der Waals surface area contributed by atoms with Crippen molar-refractivity contribution in [3.05, 3.63) is 42.0 Å². The van der Waals surface area contributed by atoms with Gasteiger partial charge in [0.15, 0.2) is 11.3 Å². The number of hydrogen-bond donors (Lipinski definition) is 0. The van der Waals surface area contributed by atoms with Gasteiger partial charge < -0.3 is 9.15 Å². The zero-order chi connectivity index (χ0) is 13.2. The zero-order valence-electron chi connectivity index (χ0n) is 9.95. The predicted octanol–water partition coefficient (Wildman–Crippen LogP) is 2.81. The van der Waals surface area contributed by atoms with Crippen molar-refractivity contribution in [3.8, 4) is 5.88 Å². The number of oxazole rings is 1. The summed E-state index contributed by atoms with van der Waals surface area (Å²) in [4.78, 5) is 16.4. The van der Waals surface area contributed by atoms with Crippen molar-refractivity contribution in [3.63, 3.8) is 0 Å². The lowest BCUT2D eigenvalue weighted by Gasteiger charge is -2.10. The van der Waals surface area contributed by atoms with Crippen LogP contribution in [0.5, 0.6) is 5.88 Å². The molecule has 7 heteroatoms. The van der Waals surface area contributed by atoms with Gasteiger partial charge in [0.2, 0.25) is 11.8 Å². The fourth-order valence-electron chi connectivity index (χ4n) is 1.62. The van der Waals surface area contributed by atoms with E-state index in [2.05, 4.69) is 19.9 Å². The normalized spacial score (nSPS) is 12.5. The molecule has 0 aliphatic heterocycles. The molecule has 0 N–H and O–H groups in total. The summed E-state index contributed by atoms with van der Waals surface area (Å²) >= 11 is 5.92. The molecule has 6 nitrogen and oxygen atoms in total. The van der Waals surface area contributed by atoms with E-state index in [1.165, 1.54) is 12.5 Å². The minimum atomic E-state index is -0.348. The molecule has 3 heterocycles. The summed E-state index contributed by atoms with van der Waals surface area (Å²) in [6, 6.07) is 1.72. The molecule has 0 radical (unpaired) electrons. The van der Waals surface area contributed by atoms with Crippen LogP contribution in [-0.2, 0) is 0 Å². The maximum absolute atomic E-state index is 5.92. The van der Waals surface area contributed by atoms with Crippen LogP contribution >= 0.6 is 11.6 Å². The van der Waals surface area contributed by atoms with Gasteiger partial charge in [-0.25, -0.2) is 19.9 Å². The molecule has 0 saturated heterocycles. The number of hydrogen-bond acceptors (Lipinski definition) is 6. The molecule has 96 valence electrons. The van der Waals surface area contributed by atoms with Gasteiger partial charge in [0.05, 0.1) is 17.9 Å². The monoisotopic (exact) mass is 276 g/mol. The van der Waals surface area contributed by atoms with Crippen LogP contribution in [0.1, 0.15) is 18.9 Å². The molecule has 0 aliphatic carbocycles. The molecule has 0 aromatic carbocycles. The summed E-state index contributed by atoms with van der Waals surface area (Å²) in [5.41, 5.74) is 1.16. The Morgan fingerprint density at radius 2 is 2.16 bits per heavy atom. The quantitative estimate of drug-likeness (QED) is 0.685. The van der Waals surface area contributed by atoms with Gasteiger partial charge in [-0.3, -0.25) is 0 Å². The van der Waals surface area contributed by atoms with Crippen LogP contribution in [0.25, 0.3) is 11.0 Å². The van der Waals surface area contributed by atoms with Crippen LogP contribution in [0.2, 0.25) is 5.15 Å².